The molecule has 118 valence electrons. The second-order valence-electron chi connectivity index (χ2n) is 8.26. The van der Waals surface area contributed by atoms with Crippen LogP contribution in [0.25, 0.3) is 0 Å². The predicted molar refractivity (Wildman–Crippen MR) is 89.1 cm³/mol. The van der Waals surface area contributed by atoms with E-state index < -0.39 is 0 Å². The Morgan fingerprint density at radius 3 is 1.71 bits per heavy atom. The molecule has 1 unspecified atom stereocenters. The summed E-state index contributed by atoms with van der Waals surface area (Å²) in [5, 5.41) is 10.7. The lowest BCUT2D eigenvalue weighted by Gasteiger charge is -2.28. The van der Waals surface area contributed by atoms with Gasteiger partial charge in [0.1, 0.15) is 11.5 Å². The molecule has 2 nitrogen and oxygen atoms in total. The minimum atomic E-state index is -0.125. The number of Topliss-reactive ketones (excluding diaryl/α,β-unsaturated/α-hetero) is 1. The number of hydrogen-bond donors (Lipinski definition) is 1. The first-order chi connectivity index (χ1) is 9.34. The van der Waals surface area contributed by atoms with Crippen molar-refractivity contribution in [2.24, 2.45) is 5.92 Å². The Hall–Kier alpha value is -1.31. The van der Waals surface area contributed by atoms with Gasteiger partial charge in [0.05, 0.1) is 0 Å². The van der Waals surface area contributed by atoms with Crippen molar-refractivity contribution < 1.29 is 9.90 Å². The van der Waals surface area contributed by atoms with Crippen LogP contribution in [-0.4, -0.2) is 10.9 Å². The molecule has 0 heterocycles. The third-order valence-electron chi connectivity index (χ3n) is 4.02. The summed E-state index contributed by atoms with van der Waals surface area (Å²) in [6.45, 7) is 16.2. The van der Waals surface area contributed by atoms with Gasteiger partial charge in [-0.25, -0.2) is 0 Å². The summed E-state index contributed by atoms with van der Waals surface area (Å²) in [4.78, 5) is 11.5. The lowest BCUT2D eigenvalue weighted by molar-refractivity contribution is -0.120. The average molecular weight is 290 g/mol. The van der Waals surface area contributed by atoms with Gasteiger partial charge in [0.25, 0.3) is 0 Å². The fraction of sp³-hybridized carbons (Fsp3) is 0.632. The fourth-order valence-electron chi connectivity index (χ4n) is 2.45. The Kier molecular flexibility index (Phi) is 4.92. The van der Waals surface area contributed by atoms with Crippen molar-refractivity contribution in [1.82, 2.24) is 0 Å². The molecule has 0 amide bonds. The Labute approximate surface area is 129 Å². The molecule has 0 aliphatic carbocycles. The van der Waals surface area contributed by atoms with Crippen molar-refractivity contribution in [1.29, 1.82) is 0 Å². The maximum atomic E-state index is 11.5. The number of hydrogen-bond acceptors (Lipinski definition) is 2. The largest absolute Gasteiger partial charge is 0.507 e. The number of phenols is 1. The number of carbonyl (C=O) groups is 1. The highest BCUT2D eigenvalue weighted by Gasteiger charge is 2.26. The van der Waals surface area contributed by atoms with Crippen LogP contribution in [0.5, 0.6) is 5.75 Å². The van der Waals surface area contributed by atoms with Crippen LogP contribution in [-0.2, 0) is 22.0 Å². The van der Waals surface area contributed by atoms with Crippen molar-refractivity contribution in [2.75, 3.05) is 0 Å². The number of aromatic hydroxyl groups is 1. The molecule has 0 aliphatic heterocycles. The van der Waals surface area contributed by atoms with Gasteiger partial charge in [0, 0.05) is 5.92 Å². The molecule has 1 rings (SSSR count). The third kappa shape index (κ3) is 4.33. The first kappa shape index (κ1) is 17.7. The molecule has 0 spiro atoms. The smallest absolute Gasteiger partial charge is 0.132 e. The Morgan fingerprint density at radius 2 is 1.43 bits per heavy atom. The SMILES string of the molecule is CC(=O)C(C)Cc1cc(C(C)(C)C)c(O)c(C(C)(C)C)c1. The molecule has 0 aliphatic rings. The normalized spacial score (nSPS) is 14.1. The quantitative estimate of drug-likeness (QED) is 0.872. The highest BCUT2D eigenvalue weighted by atomic mass is 16.3. The highest BCUT2D eigenvalue weighted by Crippen LogP contribution is 2.40. The third-order valence-corrected chi connectivity index (χ3v) is 4.02. The standard InChI is InChI=1S/C19H30O2/c1-12(13(2)20)9-14-10-15(18(3,4)5)17(21)16(11-14)19(6,7)8/h10-12,21H,9H2,1-8H3. The molecule has 1 aromatic rings. The van der Waals surface area contributed by atoms with E-state index in [0.29, 0.717) is 5.75 Å². The van der Waals surface area contributed by atoms with Crippen LogP contribution >= 0.6 is 0 Å². The van der Waals surface area contributed by atoms with Gasteiger partial charge in [-0.15, -0.1) is 0 Å². The van der Waals surface area contributed by atoms with E-state index in [4.69, 9.17) is 0 Å². The summed E-state index contributed by atoms with van der Waals surface area (Å²) < 4.78 is 0. The molecule has 21 heavy (non-hydrogen) atoms. The Morgan fingerprint density at radius 1 is 1.05 bits per heavy atom. The molecule has 0 bridgehead atoms. The van der Waals surface area contributed by atoms with Gasteiger partial charge in [0.2, 0.25) is 0 Å². The minimum absolute atomic E-state index is 0.00943. The topological polar surface area (TPSA) is 37.3 Å². The molecule has 1 aromatic carbocycles. The van der Waals surface area contributed by atoms with E-state index in [1.807, 2.05) is 6.92 Å². The Bertz CT molecular complexity index is 492. The van der Waals surface area contributed by atoms with Crippen molar-refractivity contribution in [3.05, 3.63) is 28.8 Å². The van der Waals surface area contributed by atoms with Gasteiger partial charge in [-0.3, -0.25) is 4.79 Å². The lowest BCUT2D eigenvalue weighted by atomic mass is 9.77. The maximum Gasteiger partial charge on any atom is 0.132 e. The lowest BCUT2D eigenvalue weighted by Crippen LogP contribution is -2.19. The van der Waals surface area contributed by atoms with Crippen LogP contribution < -0.4 is 0 Å². The second-order valence-corrected chi connectivity index (χ2v) is 8.26. The molecule has 2 heteroatoms. The summed E-state index contributed by atoms with van der Waals surface area (Å²) >= 11 is 0. The molecule has 1 N–H and O–H groups in total. The Balaban J connectivity index is 3.44. The van der Waals surface area contributed by atoms with Crippen LogP contribution in [0, 0.1) is 5.92 Å². The summed E-state index contributed by atoms with van der Waals surface area (Å²) in [5.41, 5.74) is 2.80. The van der Waals surface area contributed by atoms with Crippen molar-refractivity contribution >= 4 is 5.78 Å². The molecular formula is C19H30O2. The predicted octanol–water partition coefficient (Wildman–Crippen LogP) is 4.75. The summed E-state index contributed by atoms with van der Waals surface area (Å²) in [6.07, 6.45) is 0.724. The van der Waals surface area contributed by atoms with E-state index in [1.165, 1.54) is 0 Å². The van der Waals surface area contributed by atoms with Gasteiger partial charge in [-0.2, -0.15) is 0 Å². The second kappa shape index (κ2) is 5.82. The zero-order valence-corrected chi connectivity index (χ0v) is 14.8. The zero-order valence-electron chi connectivity index (χ0n) is 14.8. The molecule has 1 atom stereocenters. The van der Waals surface area contributed by atoms with Gasteiger partial charge in [-0.1, -0.05) is 60.6 Å². The van der Waals surface area contributed by atoms with Crippen molar-refractivity contribution in [2.45, 2.75) is 72.6 Å². The van der Waals surface area contributed by atoms with E-state index >= 15 is 0 Å². The molecule has 0 saturated heterocycles. The van der Waals surface area contributed by atoms with E-state index in [2.05, 4.69) is 53.7 Å². The van der Waals surface area contributed by atoms with Gasteiger partial charge in [0.15, 0.2) is 0 Å². The highest BCUT2D eigenvalue weighted by molar-refractivity contribution is 5.78. The molecule has 0 aromatic heterocycles. The van der Waals surface area contributed by atoms with Gasteiger partial charge >= 0.3 is 0 Å². The maximum absolute atomic E-state index is 11.5. The van der Waals surface area contributed by atoms with Crippen LogP contribution in [0.3, 0.4) is 0 Å². The molecular weight excluding hydrogens is 260 g/mol. The van der Waals surface area contributed by atoms with E-state index in [0.717, 1.165) is 23.1 Å². The fourth-order valence-corrected chi connectivity index (χ4v) is 2.45. The number of ketones is 1. The van der Waals surface area contributed by atoms with Gasteiger partial charge < -0.3 is 5.11 Å². The number of carbonyl (C=O) groups excluding carboxylic acids is 1. The van der Waals surface area contributed by atoms with Crippen molar-refractivity contribution in [3.8, 4) is 5.75 Å². The monoisotopic (exact) mass is 290 g/mol. The average Bonchev–Trinajstić information content (AvgIpc) is 2.27. The number of benzene rings is 1. The van der Waals surface area contributed by atoms with Crippen LogP contribution in [0.1, 0.15) is 72.1 Å². The number of rotatable bonds is 3. The zero-order chi connectivity index (χ0) is 16.6. The first-order valence-corrected chi connectivity index (χ1v) is 7.71. The first-order valence-electron chi connectivity index (χ1n) is 7.71. The minimum Gasteiger partial charge on any atom is -0.507 e. The molecule has 0 fully saturated rings. The molecule has 0 saturated carbocycles. The molecule has 0 radical (unpaired) electrons. The van der Waals surface area contributed by atoms with Crippen LogP contribution in [0.2, 0.25) is 0 Å². The van der Waals surface area contributed by atoms with Crippen molar-refractivity contribution in [3.63, 3.8) is 0 Å². The van der Waals surface area contributed by atoms with Gasteiger partial charge in [-0.05, 0) is 40.9 Å². The van der Waals surface area contributed by atoms with Crippen LogP contribution in [0.4, 0.5) is 0 Å². The van der Waals surface area contributed by atoms with E-state index in [9.17, 15) is 9.90 Å². The summed E-state index contributed by atoms with van der Waals surface area (Å²) in [6, 6.07) is 4.12. The van der Waals surface area contributed by atoms with Crippen LogP contribution in [0.15, 0.2) is 12.1 Å². The van der Waals surface area contributed by atoms with E-state index in [-0.39, 0.29) is 22.5 Å². The number of phenolic OH excluding ortho intramolecular Hbond substituents is 1. The van der Waals surface area contributed by atoms with E-state index in [1.54, 1.807) is 6.92 Å². The summed E-state index contributed by atoms with van der Waals surface area (Å²) in [5.74, 6) is 0.613. The summed E-state index contributed by atoms with van der Waals surface area (Å²) in [7, 11) is 0.